The third-order valence-corrected chi connectivity index (χ3v) is 2.93. The average molecular weight is 207 g/mol. The van der Waals surface area contributed by atoms with Gasteiger partial charge in [-0.1, -0.05) is 6.92 Å². The molecule has 0 aliphatic heterocycles. The van der Waals surface area contributed by atoms with Crippen molar-refractivity contribution >= 4 is 16.8 Å². The van der Waals surface area contributed by atoms with Crippen molar-refractivity contribution in [1.82, 2.24) is 5.32 Å². The van der Waals surface area contributed by atoms with E-state index >= 15 is 0 Å². The predicted octanol–water partition coefficient (Wildman–Crippen LogP) is 0.208. The molecule has 0 aliphatic rings. The van der Waals surface area contributed by atoms with Crippen molar-refractivity contribution in [1.29, 1.82) is 0 Å². The minimum atomic E-state index is -0.809. The lowest BCUT2D eigenvalue weighted by atomic mass is 10.2. The van der Waals surface area contributed by atoms with Crippen LogP contribution in [-0.2, 0) is 15.6 Å². The lowest BCUT2D eigenvalue weighted by Crippen LogP contribution is -2.31. The number of hydrogen-bond donors (Lipinski definition) is 2. The number of carboxylic acids is 1. The molecular formula is C8H17NO3S. The zero-order chi connectivity index (χ0) is 10.3. The molecule has 0 aliphatic carbocycles. The van der Waals surface area contributed by atoms with Gasteiger partial charge in [0.1, 0.15) is 0 Å². The summed E-state index contributed by atoms with van der Waals surface area (Å²) in [6.45, 7) is 4.30. The van der Waals surface area contributed by atoms with Crippen molar-refractivity contribution < 1.29 is 14.1 Å². The van der Waals surface area contributed by atoms with Crippen molar-refractivity contribution in [3.8, 4) is 0 Å². The van der Waals surface area contributed by atoms with Crippen LogP contribution in [0.2, 0.25) is 0 Å². The van der Waals surface area contributed by atoms with Gasteiger partial charge in [0, 0.05) is 34.9 Å². The van der Waals surface area contributed by atoms with E-state index in [1.807, 2.05) is 13.8 Å². The van der Waals surface area contributed by atoms with Gasteiger partial charge in [-0.3, -0.25) is 9.00 Å². The minimum absolute atomic E-state index is 0.0497. The van der Waals surface area contributed by atoms with Gasteiger partial charge in [-0.25, -0.2) is 0 Å². The molecule has 0 aromatic rings. The summed E-state index contributed by atoms with van der Waals surface area (Å²) in [6.07, 6.45) is 0.110. The molecule has 0 aromatic carbocycles. The molecule has 0 heterocycles. The largest absolute Gasteiger partial charge is 0.481 e. The Labute approximate surface area is 81.2 Å². The number of carbonyl (C=O) groups is 1. The monoisotopic (exact) mass is 207 g/mol. The van der Waals surface area contributed by atoms with Gasteiger partial charge in [-0.2, -0.15) is 0 Å². The van der Waals surface area contributed by atoms with E-state index in [4.69, 9.17) is 5.11 Å². The summed E-state index contributed by atoms with van der Waals surface area (Å²) in [7, 11) is -0.766. The highest BCUT2D eigenvalue weighted by Crippen LogP contribution is 1.89. The van der Waals surface area contributed by atoms with Crippen LogP contribution in [0.15, 0.2) is 0 Å². The number of rotatable bonds is 7. The number of hydrogen-bond acceptors (Lipinski definition) is 3. The molecule has 0 saturated heterocycles. The third kappa shape index (κ3) is 7.93. The topological polar surface area (TPSA) is 66.4 Å². The van der Waals surface area contributed by atoms with Gasteiger partial charge < -0.3 is 10.4 Å². The van der Waals surface area contributed by atoms with Crippen LogP contribution in [0.3, 0.4) is 0 Å². The fraction of sp³-hybridized carbons (Fsp3) is 0.875. The van der Waals surface area contributed by atoms with E-state index in [-0.39, 0.29) is 12.5 Å². The molecule has 5 heteroatoms. The SMILES string of the molecule is CCS(=O)CCNC(C)CC(=O)O. The summed E-state index contributed by atoms with van der Waals surface area (Å²) in [4.78, 5) is 10.3. The van der Waals surface area contributed by atoms with Crippen molar-refractivity contribution in [3.05, 3.63) is 0 Å². The molecule has 78 valence electrons. The molecule has 0 aromatic heterocycles. The van der Waals surface area contributed by atoms with E-state index in [2.05, 4.69) is 5.32 Å². The first kappa shape index (κ1) is 12.6. The molecule has 0 amide bonds. The number of nitrogens with one attached hydrogen (secondary N) is 1. The molecule has 0 spiro atoms. The predicted molar refractivity (Wildman–Crippen MR) is 53.3 cm³/mol. The van der Waals surface area contributed by atoms with Crippen LogP contribution in [0.4, 0.5) is 0 Å². The molecular weight excluding hydrogens is 190 g/mol. The van der Waals surface area contributed by atoms with E-state index in [9.17, 15) is 9.00 Å². The van der Waals surface area contributed by atoms with Crippen LogP contribution in [0.1, 0.15) is 20.3 Å². The standard InChI is InChI=1S/C8H17NO3S/c1-3-13(12)5-4-9-7(2)6-8(10)11/h7,9H,3-6H2,1-2H3,(H,10,11). The van der Waals surface area contributed by atoms with Crippen molar-refractivity contribution in [3.63, 3.8) is 0 Å². The Morgan fingerprint density at radius 1 is 1.62 bits per heavy atom. The molecule has 0 bridgehead atoms. The number of carboxylic acid groups (broad SMARTS) is 1. The van der Waals surface area contributed by atoms with E-state index in [0.717, 1.165) is 0 Å². The maximum absolute atomic E-state index is 11.0. The highest BCUT2D eigenvalue weighted by molar-refractivity contribution is 7.84. The van der Waals surface area contributed by atoms with Crippen LogP contribution in [-0.4, -0.2) is 39.4 Å². The van der Waals surface area contributed by atoms with Gasteiger partial charge in [-0.05, 0) is 6.92 Å². The van der Waals surface area contributed by atoms with E-state index in [1.54, 1.807) is 0 Å². The molecule has 0 radical (unpaired) electrons. The summed E-state index contributed by atoms with van der Waals surface area (Å²) in [5.74, 6) is 0.451. The van der Waals surface area contributed by atoms with Crippen LogP contribution in [0, 0.1) is 0 Å². The maximum atomic E-state index is 11.0. The summed E-state index contributed by atoms with van der Waals surface area (Å²) >= 11 is 0. The normalized spacial score (nSPS) is 15.2. The van der Waals surface area contributed by atoms with E-state index in [0.29, 0.717) is 18.1 Å². The molecule has 2 unspecified atom stereocenters. The molecule has 0 saturated carbocycles. The lowest BCUT2D eigenvalue weighted by Gasteiger charge is -2.10. The highest BCUT2D eigenvalue weighted by atomic mass is 32.2. The fourth-order valence-electron chi connectivity index (χ4n) is 0.898. The van der Waals surface area contributed by atoms with Crippen LogP contribution in [0.25, 0.3) is 0 Å². The second-order valence-electron chi connectivity index (χ2n) is 2.89. The third-order valence-electron chi connectivity index (χ3n) is 1.63. The second kappa shape index (κ2) is 7.03. The first-order valence-electron chi connectivity index (χ1n) is 4.36. The summed E-state index contributed by atoms with van der Waals surface area (Å²) < 4.78 is 11.0. The van der Waals surface area contributed by atoms with Crippen molar-refractivity contribution in [2.45, 2.75) is 26.3 Å². The van der Waals surface area contributed by atoms with E-state index < -0.39 is 16.8 Å². The van der Waals surface area contributed by atoms with Gasteiger partial charge in [0.25, 0.3) is 0 Å². The first-order valence-corrected chi connectivity index (χ1v) is 5.85. The second-order valence-corrected chi connectivity index (χ2v) is 4.75. The quantitative estimate of drug-likeness (QED) is 0.626. The highest BCUT2D eigenvalue weighted by Gasteiger charge is 2.06. The Balaban J connectivity index is 3.42. The minimum Gasteiger partial charge on any atom is -0.481 e. The molecule has 2 atom stereocenters. The first-order chi connectivity index (χ1) is 6.06. The Morgan fingerprint density at radius 3 is 2.69 bits per heavy atom. The van der Waals surface area contributed by atoms with Gasteiger partial charge in [0.2, 0.25) is 0 Å². The molecule has 13 heavy (non-hydrogen) atoms. The Kier molecular flexibility index (Phi) is 6.80. The maximum Gasteiger partial charge on any atom is 0.304 e. The molecule has 0 fully saturated rings. The summed E-state index contributed by atoms with van der Waals surface area (Å²) in [5, 5.41) is 11.4. The molecule has 2 N–H and O–H groups in total. The van der Waals surface area contributed by atoms with E-state index in [1.165, 1.54) is 0 Å². The zero-order valence-corrected chi connectivity index (χ0v) is 8.89. The summed E-state index contributed by atoms with van der Waals surface area (Å²) in [5.41, 5.74) is 0. The summed E-state index contributed by atoms with van der Waals surface area (Å²) in [6, 6.07) is -0.0497. The van der Waals surface area contributed by atoms with Crippen LogP contribution < -0.4 is 5.32 Å². The van der Waals surface area contributed by atoms with Crippen LogP contribution >= 0.6 is 0 Å². The molecule has 4 nitrogen and oxygen atoms in total. The van der Waals surface area contributed by atoms with Gasteiger partial charge in [-0.15, -0.1) is 0 Å². The van der Waals surface area contributed by atoms with Gasteiger partial charge in [0.15, 0.2) is 0 Å². The fourth-order valence-corrected chi connectivity index (χ4v) is 1.53. The Morgan fingerprint density at radius 2 is 2.23 bits per heavy atom. The Bertz CT molecular complexity index is 184. The van der Waals surface area contributed by atoms with Crippen LogP contribution in [0.5, 0.6) is 0 Å². The number of aliphatic carboxylic acids is 1. The average Bonchev–Trinajstić information content (AvgIpc) is 2.02. The Hall–Kier alpha value is -0.420. The van der Waals surface area contributed by atoms with Gasteiger partial charge in [0.05, 0.1) is 6.42 Å². The lowest BCUT2D eigenvalue weighted by molar-refractivity contribution is -0.137. The van der Waals surface area contributed by atoms with Gasteiger partial charge >= 0.3 is 5.97 Å². The van der Waals surface area contributed by atoms with Crippen molar-refractivity contribution in [2.75, 3.05) is 18.1 Å². The smallest absolute Gasteiger partial charge is 0.304 e. The van der Waals surface area contributed by atoms with Crippen molar-refractivity contribution in [2.24, 2.45) is 0 Å². The molecule has 0 rings (SSSR count). The zero-order valence-electron chi connectivity index (χ0n) is 8.08.